The van der Waals surface area contributed by atoms with E-state index in [4.69, 9.17) is 16.3 Å². The number of halogens is 3. The van der Waals surface area contributed by atoms with Crippen molar-refractivity contribution in [1.29, 1.82) is 0 Å². The lowest BCUT2D eigenvalue weighted by molar-refractivity contribution is 0.0469. The molecule has 0 radical (unpaired) electrons. The number of nitrogens with zero attached hydrogens (tertiary/aromatic N) is 2. The van der Waals surface area contributed by atoms with Gasteiger partial charge in [0.05, 0.1) is 0 Å². The Morgan fingerprint density at radius 1 is 1.17 bits per heavy atom. The summed E-state index contributed by atoms with van der Waals surface area (Å²) in [5, 5.41) is 10.8. The van der Waals surface area contributed by atoms with Gasteiger partial charge in [0.2, 0.25) is 0 Å². The Morgan fingerprint density at radius 3 is 2.35 bits per heavy atom. The van der Waals surface area contributed by atoms with Gasteiger partial charge in [-0.1, -0.05) is 18.5 Å². The van der Waals surface area contributed by atoms with E-state index in [2.05, 4.69) is 16.7 Å². The second kappa shape index (κ2) is 11.3. The van der Waals surface area contributed by atoms with Crippen LogP contribution in [0.3, 0.4) is 0 Å². The number of likely N-dealkylation sites (N-methyl/N-ethyl adjacent to an activating group) is 1. The molecule has 0 spiro atoms. The van der Waals surface area contributed by atoms with Gasteiger partial charge < -0.3 is 14.7 Å². The zero-order chi connectivity index (χ0) is 15.2. The summed E-state index contributed by atoms with van der Waals surface area (Å²) in [5.74, 6) is 0.786. The number of benzene rings is 1. The van der Waals surface area contributed by atoms with Gasteiger partial charge in [-0.25, -0.2) is 0 Å². The summed E-state index contributed by atoms with van der Waals surface area (Å²) in [6.07, 6.45) is -0.465. The van der Waals surface area contributed by atoms with E-state index in [0.717, 1.165) is 44.0 Å². The number of piperazine rings is 1. The second-order valence-corrected chi connectivity index (χ2v) is 6.05. The molecule has 1 aliphatic heterocycles. The molecule has 1 saturated heterocycles. The van der Waals surface area contributed by atoms with Crippen molar-refractivity contribution in [1.82, 2.24) is 9.80 Å². The Kier molecular flexibility index (Phi) is 11.2. The Morgan fingerprint density at radius 2 is 1.78 bits per heavy atom. The van der Waals surface area contributed by atoms with E-state index in [9.17, 15) is 5.11 Å². The Labute approximate surface area is 156 Å². The molecule has 1 atom stereocenters. The number of hydrogen-bond donors (Lipinski definition) is 1. The number of β-amino-alcohol motifs (C(OH)–C–C–N with tert-alkyl or cyclic N) is 1. The molecule has 23 heavy (non-hydrogen) atoms. The molecule has 0 amide bonds. The van der Waals surface area contributed by atoms with Crippen molar-refractivity contribution in [3.8, 4) is 5.75 Å². The molecule has 1 heterocycles. The van der Waals surface area contributed by atoms with Crippen LogP contribution in [-0.4, -0.2) is 66.9 Å². The summed E-state index contributed by atoms with van der Waals surface area (Å²) in [6, 6.07) is 5.53. The third kappa shape index (κ3) is 7.46. The molecule has 2 rings (SSSR count). The highest BCUT2D eigenvalue weighted by Gasteiger charge is 2.18. The fraction of sp³-hybridized carbons (Fsp3) is 0.625. The fourth-order valence-electron chi connectivity index (χ4n) is 2.60. The number of aliphatic hydroxyl groups is 1. The molecular weight excluding hydrogens is 359 g/mol. The monoisotopic (exact) mass is 384 g/mol. The maximum absolute atomic E-state index is 10.1. The van der Waals surface area contributed by atoms with Crippen molar-refractivity contribution >= 4 is 36.4 Å². The van der Waals surface area contributed by atoms with Gasteiger partial charge in [0.1, 0.15) is 18.5 Å². The normalized spacial score (nSPS) is 17.0. The van der Waals surface area contributed by atoms with E-state index < -0.39 is 6.10 Å². The maximum Gasteiger partial charge on any atom is 0.122 e. The standard InChI is InChI=1S/C16H25ClN2O2.2ClH/c1-3-18-6-8-19(9-7-18)11-15(20)12-21-16-5-4-14(17)10-13(16)2;;/h4-5,10,15,20H,3,6-9,11-12H2,1-2H3;2*1H. The zero-order valence-corrected chi connectivity index (χ0v) is 16.1. The van der Waals surface area contributed by atoms with Gasteiger partial charge in [0.15, 0.2) is 0 Å². The van der Waals surface area contributed by atoms with Gasteiger partial charge in [0, 0.05) is 37.7 Å². The van der Waals surface area contributed by atoms with E-state index in [0.29, 0.717) is 18.2 Å². The van der Waals surface area contributed by atoms with Crippen LogP contribution in [-0.2, 0) is 0 Å². The lowest BCUT2D eigenvalue weighted by Crippen LogP contribution is -2.49. The summed E-state index contributed by atoms with van der Waals surface area (Å²) >= 11 is 5.92. The zero-order valence-electron chi connectivity index (χ0n) is 13.7. The number of aliphatic hydroxyl groups excluding tert-OH is 1. The number of ether oxygens (including phenoxy) is 1. The quantitative estimate of drug-likeness (QED) is 0.817. The summed E-state index contributed by atoms with van der Waals surface area (Å²) in [5.41, 5.74) is 0.992. The minimum Gasteiger partial charge on any atom is -0.491 e. The van der Waals surface area contributed by atoms with Crippen LogP contribution >= 0.6 is 36.4 Å². The molecule has 0 bridgehead atoms. The van der Waals surface area contributed by atoms with Crippen molar-refractivity contribution in [3.05, 3.63) is 28.8 Å². The molecule has 7 heteroatoms. The smallest absolute Gasteiger partial charge is 0.122 e. The summed E-state index contributed by atoms with van der Waals surface area (Å²) in [6.45, 7) is 10.4. The third-order valence-electron chi connectivity index (χ3n) is 3.95. The topological polar surface area (TPSA) is 35.9 Å². The van der Waals surface area contributed by atoms with Crippen molar-refractivity contribution in [3.63, 3.8) is 0 Å². The van der Waals surface area contributed by atoms with Crippen molar-refractivity contribution in [2.75, 3.05) is 45.9 Å². The molecule has 1 N–H and O–H groups in total. The highest BCUT2D eigenvalue weighted by Crippen LogP contribution is 2.21. The first-order chi connectivity index (χ1) is 10.1. The van der Waals surface area contributed by atoms with E-state index in [1.165, 1.54) is 0 Å². The number of aryl methyl sites for hydroxylation is 1. The molecule has 1 fully saturated rings. The van der Waals surface area contributed by atoms with Crippen molar-refractivity contribution in [2.45, 2.75) is 20.0 Å². The van der Waals surface area contributed by atoms with Crippen molar-refractivity contribution < 1.29 is 9.84 Å². The molecule has 1 unspecified atom stereocenters. The van der Waals surface area contributed by atoms with Gasteiger partial charge >= 0.3 is 0 Å². The third-order valence-corrected chi connectivity index (χ3v) is 4.18. The first kappa shape index (κ1) is 22.8. The van der Waals surface area contributed by atoms with Crippen LogP contribution in [0.5, 0.6) is 5.75 Å². The van der Waals surface area contributed by atoms with E-state index in [-0.39, 0.29) is 24.8 Å². The van der Waals surface area contributed by atoms with Crippen LogP contribution < -0.4 is 4.74 Å². The second-order valence-electron chi connectivity index (χ2n) is 5.61. The van der Waals surface area contributed by atoms with Crippen LogP contribution in [0.1, 0.15) is 12.5 Å². The number of hydrogen-bond acceptors (Lipinski definition) is 4. The largest absolute Gasteiger partial charge is 0.491 e. The van der Waals surface area contributed by atoms with E-state index in [1.807, 2.05) is 19.1 Å². The molecule has 1 aromatic carbocycles. The summed E-state index contributed by atoms with van der Waals surface area (Å²) in [7, 11) is 0. The molecule has 1 aliphatic rings. The molecule has 4 nitrogen and oxygen atoms in total. The first-order valence-corrected chi connectivity index (χ1v) is 7.98. The average Bonchev–Trinajstić information content (AvgIpc) is 2.47. The van der Waals surface area contributed by atoms with Gasteiger partial charge in [-0.05, 0) is 37.2 Å². The first-order valence-electron chi connectivity index (χ1n) is 7.60. The van der Waals surface area contributed by atoms with E-state index in [1.54, 1.807) is 6.07 Å². The van der Waals surface area contributed by atoms with Gasteiger partial charge in [0.25, 0.3) is 0 Å². The van der Waals surface area contributed by atoms with Crippen LogP contribution in [0.4, 0.5) is 0 Å². The lowest BCUT2D eigenvalue weighted by atomic mass is 10.2. The summed E-state index contributed by atoms with van der Waals surface area (Å²) in [4.78, 5) is 4.73. The minimum absolute atomic E-state index is 0. The minimum atomic E-state index is -0.465. The van der Waals surface area contributed by atoms with Crippen LogP contribution in [0.2, 0.25) is 5.02 Å². The van der Waals surface area contributed by atoms with Crippen LogP contribution in [0.15, 0.2) is 18.2 Å². The molecule has 0 aliphatic carbocycles. The Bertz CT molecular complexity index is 455. The Balaban J connectivity index is 0.00000242. The predicted octanol–water partition coefficient (Wildman–Crippen LogP) is 2.87. The lowest BCUT2D eigenvalue weighted by Gasteiger charge is -2.34. The van der Waals surface area contributed by atoms with Crippen LogP contribution in [0.25, 0.3) is 0 Å². The van der Waals surface area contributed by atoms with E-state index >= 15 is 0 Å². The maximum atomic E-state index is 10.1. The molecular formula is C16H27Cl3N2O2. The van der Waals surface area contributed by atoms with Crippen molar-refractivity contribution in [2.24, 2.45) is 0 Å². The molecule has 134 valence electrons. The SMILES string of the molecule is CCN1CCN(CC(O)COc2ccc(Cl)cc2C)CC1.Cl.Cl. The highest BCUT2D eigenvalue weighted by atomic mass is 35.5. The fourth-order valence-corrected chi connectivity index (χ4v) is 2.83. The molecule has 0 aromatic heterocycles. The molecule has 0 saturated carbocycles. The van der Waals surface area contributed by atoms with Gasteiger partial charge in [-0.15, -0.1) is 24.8 Å². The van der Waals surface area contributed by atoms with Gasteiger partial charge in [-0.3, -0.25) is 4.90 Å². The highest BCUT2D eigenvalue weighted by molar-refractivity contribution is 6.30. The molecule has 1 aromatic rings. The average molecular weight is 386 g/mol. The summed E-state index contributed by atoms with van der Waals surface area (Å²) < 4.78 is 5.69. The Hall–Kier alpha value is -0.230. The van der Waals surface area contributed by atoms with Gasteiger partial charge in [-0.2, -0.15) is 0 Å². The van der Waals surface area contributed by atoms with Crippen LogP contribution in [0, 0.1) is 6.92 Å². The predicted molar refractivity (Wildman–Crippen MR) is 101 cm³/mol. The number of rotatable bonds is 6.